The van der Waals surface area contributed by atoms with Crippen molar-refractivity contribution in [1.82, 2.24) is 9.80 Å². The lowest BCUT2D eigenvalue weighted by Crippen LogP contribution is -2.47. The van der Waals surface area contributed by atoms with Gasteiger partial charge in [0.25, 0.3) is 0 Å². The maximum atomic E-state index is 3.67. The second-order valence-electron chi connectivity index (χ2n) is 5.63. The Kier molecular flexibility index (Phi) is 3.74. The van der Waals surface area contributed by atoms with E-state index in [0.29, 0.717) is 5.41 Å². The van der Waals surface area contributed by atoms with Gasteiger partial charge in [0.2, 0.25) is 0 Å². The highest BCUT2D eigenvalue weighted by Crippen LogP contribution is 2.47. The van der Waals surface area contributed by atoms with E-state index in [9.17, 15) is 0 Å². The van der Waals surface area contributed by atoms with Crippen LogP contribution in [0.15, 0.2) is 0 Å². The summed E-state index contributed by atoms with van der Waals surface area (Å²) in [5.74, 6) is 0. The van der Waals surface area contributed by atoms with E-state index in [-0.39, 0.29) is 0 Å². The van der Waals surface area contributed by atoms with E-state index >= 15 is 0 Å². The minimum atomic E-state index is 0.647. The summed E-state index contributed by atoms with van der Waals surface area (Å²) in [6, 6.07) is 0.782. The molecule has 0 aromatic carbocycles. The van der Waals surface area contributed by atoms with Crippen LogP contribution in [0, 0.1) is 5.41 Å². The second-order valence-corrected chi connectivity index (χ2v) is 6.19. The molecule has 0 spiro atoms. The van der Waals surface area contributed by atoms with E-state index < -0.39 is 0 Å². The first-order valence-corrected chi connectivity index (χ1v) is 7.22. The van der Waals surface area contributed by atoms with Gasteiger partial charge < -0.3 is 9.80 Å². The molecule has 2 nitrogen and oxygen atoms in total. The van der Waals surface area contributed by atoms with Gasteiger partial charge in [-0.15, -0.1) is 0 Å². The highest BCUT2D eigenvalue weighted by Gasteiger charge is 2.43. The Balaban J connectivity index is 1.82. The molecule has 1 saturated heterocycles. The molecular weight excluding hydrogens is 252 g/mol. The molecule has 0 bridgehead atoms. The van der Waals surface area contributed by atoms with Crippen LogP contribution in [0.4, 0.5) is 0 Å². The van der Waals surface area contributed by atoms with Crippen LogP contribution in [-0.4, -0.2) is 54.9 Å². The Morgan fingerprint density at radius 1 is 1.40 bits per heavy atom. The predicted molar refractivity (Wildman–Crippen MR) is 68.6 cm³/mol. The van der Waals surface area contributed by atoms with Crippen molar-refractivity contribution in [3.63, 3.8) is 0 Å². The van der Waals surface area contributed by atoms with Gasteiger partial charge in [-0.3, -0.25) is 0 Å². The molecule has 2 rings (SSSR count). The summed E-state index contributed by atoms with van der Waals surface area (Å²) in [6.45, 7) is 3.92. The number of halogens is 1. The fourth-order valence-electron chi connectivity index (χ4n) is 2.58. The number of rotatable bonds is 4. The molecule has 0 aromatic heterocycles. The van der Waals surface area contributed by atoms with E-state index in [0.717, 1.165) is 6.04 Å². The van der Waals surface area contributed by atoms with Crippen molar-refractivity contribution in [2.75, 3.05) is 39.1 Å². The fraction of sp³-hybridized carbons (Fsp3) is 1.00. The number of alkyl halides is 1. The zero-order valence-corrected chi connectivity index (χ0v) is 11.6. The molecule has 88 valence electrons. The summed E-state index contributed by atoms with van der Waals surface area (Å²) in [4.78, 5) is 5.07. The summed E-state index contributed by atoms with van der Waals surface area (Å²) in [6.07, 6.45) is 5.62. The number of piperidine rings is 1. The van der Waals surface area contributed by atoms with Gasteiger partial charge >= 0.3 is 0 Å². The average molecular weight is 275 g/mol. The minimum Gasteiger partial charge on any atom is -0.305 e. The van der Waals surface area contributed by atoms with Crippen LogP contribution in [0.25, 0.3) is 0 Å². The third kappa shape index (κ3) is 2.95. The molecule has 15 heavy (non-hydrogen) atoms. The van der Waals surface area contributed by atoms with E-state index in [4.69, 9.17) is 0 Å². The lowest BCUT2D eigenvalue weighted by molar-refractivity contribution is 0.117. The lowest BCUT2D eigenvalue weighted by Gasteiger charge is -2.37. The Morgan fingerprint density at radius 2 is 2.13 bits per heavy atom. The minimum absolute atomic E-state index is 0.647. The lowest BCUT2D eigenvalue weighted by atomic mass is 10.0. The molecule has 3 heteroatoms. The van der Waals surface area contributed by atoms with Gasteiger partial charge in [-0.1, -0.05) is 15.9 Å². The molecule has 0 radical (unpaired) electrons. The van der Waals surface area contributed by atoms with E-state index in [1.54, 1.807) is 0 Å². The van der Waals surface area contributed by atoms with Gasteiger partial charge in [0.05, 0.1) is 0 Å². The normalized spacial score (nSPS) is 30.8. The van der Waals surface area contributed by atoms with Crippen molar-refractivity contribution in [3.05, 3.63) is 0 Å². The van der Waals surface area contributed by atoms with Crippen LogP contribution in [0.5, 0.6) is 0 Å². The Morgan fingerprint density at radius 3 is 2.67 bits per heavy atom. The van der Waals surface area contributed by atoms with Gasteiger partial charge in [0.1, 0.15) is 0 Å². The van der Waals surface area contributed by atoms with Crippen LogP contribution in [0.3, 0.4) is 0 Å². The van der Waals surface area contributed by atoms with Crippen molar-refractivity contribution in [2.45, 2.75) is 31.7 Å². The summed E-state index contributed by atoms with van der Waals surface area (Å²) in [7, 11) is 4.43. The van der Waals surface area contributed by atoms with Gasteiger partial charge in [0.15, 0.2) is 0 Å². The molecule has 1 aliphatic carbocycles. The zero-order chi connectivity index (χ0) is 10.9. The number of likely N-dealkylation sites (N-methyl/N-ethyl adjacent to an activating group) is 1. The van der Waals surface area contributed by atoms with Crippen molar-refractivity contribution in [1.29, 1.82) is 0 Å². The smallest absolute Gasteiger partial charge is 0.0217 e. The topological polar surface area (TPSA) is 6.48 Å². The van der Waals surface area contributed by atoms with Gasteiger partial charge in [-0.25, -0.2) is 0 Å². The zero-order valence-electron chi connectivity index (χ0n) is 10.0. The van der Waals surface area contributed by atoms with Crippen LogP contribution in [0.1, 0.15) is 25.7 Å². The van der Waals surface area contributed by atoms with Crippen LogP contribution >= 0.6 is 15.9 Å². The molecule has 0 N–H and O–H groups in total. The third-order valence-corrected chi connectivity index (χ3v) is 5.20. The monoisotopic (exact) mass is 274 g/mol. The fourth-order valence-corrected chi connectivity index (χ4v) is 3.32. The summed E-state index contributed by atoms with van der Waals surface area (Å²) in [5.41, 5.74) is 0.647. The van der Waals surface area contributed by atoms with Crippen molar-refractivity contribution < 1.29 is 0 Å². The summed E-state index contributed by atoms with van der Waals surface area (Å²) >= 11 is 3.67. The van der Waals surface area contributed by atoms with Crippen molar-refractivity contribution in [2.24, 2.45) is 5.41 Å². The van der Waals surface area contributed by atoms with Crippen molar-refractivity contribution in [3.8, 4) is 0 Å². The van der Waals surface area contributed by atoms with Crippen molar-refractivity contribution >= 4 is 15.9 Å². The van der Waals surface area contributed by atoms with E-state index in [2.05, 4.69) is 39.8 Å². The molecule has 1 heterocycles. The van der Waals surface area contributed by atoms with Gasteiger partial charge in [-0.2, -0.15) is 0 Å². The Hall–Kier alpha value is 0.400. The molecule has 1 aliphatic heterocycles. The molecule has 0 amide bonds. The third-order valence-electron chi connectivity index (χ3n) is 4.01. The first kappa shape index (κ1) is 11.9. The quantitative estimate of drug-likeness (QED) is 0.726. The first-order valence-electron chi connectivity index (χ1n) is 6.10. The summed E-state index contributed by atoms with van der Waals surface area (Å²) in [5, 5.41) is 1.20. The van der Waals surface area contributed by atoms with Crippen LogP contribution < -0.4 is 0 Å². The predicted octanol–water partition coefficient (Wildman–Crippen LogP) is 2.19. The highest BCUT2D eigenvalue weighted by atomic mass is 79.9. The van der Waals surface area contributed by atoms with E-state index in [1.807, 2.05) is 0 Å². The molecule has 2 aliphatic rings. The molecule has 1 atom stereocenters. The first-order chi connectivity index (χ1) is 7.15. The Labute approximate surface area is 102 Å². The van der Waals surface area contributed by atoms with Crippen LogP contribution in [-0.2, 0) is 0 Å². The largest absolute Gasteiger partial charge is 0.305 e. The highest BCUT2D eigenvalue weighted by molar-refractivity contribution is 9.09. The molecule has 1 saturated carbocycles. The summed E-state index contributed by atoms with van der Waals surface area (Å²) < 4.78 is 0. The molecule has 0 aromatic rings. The molecule has 1 unspecified atom stereocenters. The van der Waals surface area contributed by atoms with Crippen LogP contribution in [0.2, 0.25) is 0 Å². The SMILES string of the molecule is CN(C)C1CCCN(CC2(CBr)CC2)C1. The maximum Gasteiger partial charge on any atom is 0.0217 e. The number of hydrogen-bond acceptors (Lipinski definition) is 2. The van der Waals surface area contributed by atoms with Gasteiger partial charge in [0, 0.05) is 24.5 Å². The number of hydrogen-bond donors (Lipinski definition) is 0. The standard InChI is InChI=1S/C12H23BrN2/c1-14(2)11-4-3-7-15(8-11)10-12(9-13)5-6-12/h11H,3-10H2,1-2H3. The van der Waals surface area contributed by atoms with E-state index in [1.165, 1.54) is 50.6 Å². The molecule has 2 fully saturated rings. The maximum absolute atomic E-state index is 3.67. The number of nitrogens with zero attached hydrogens (tertiary/aromatic N) is 2. The Bertz CT molecular complexity index is 214. The van der Waals surface area contributed by atoms with Gasteiger partial charge in [-0.05, 0) is 51.7 Å². The second kappa shape index (κ2) is 4.72. The number of likely N-dealkylation sites (tertiary alicyclic amines) is 1. The molecular formula is C12H23BrN2. The average Bonchev–Trinajstić information content (AvgIpc) is 2.99.